The summed E-state index contributed by atoms with van der Waals surface area (Å²) in [5.74, 6) is 0.317. The molecule has 0 saturated heterocycles. The monoisotopic (exact) mass is 452 g/mol. The Hall–Kier alpha value is -1.90. The van der Waals surface area contributed by atoms with Gasteiger partial charge in [-0.15, -0.1) is 0 Å². The fourth-order valence-corrected chi connectivity index (χ4v) is 4.42. The number of carbonyl (C=O) groups is 1. The first kappa shape index (κ1) is 19.9. The number of rotatable bonds is 5. The molecule has 1 atom stereocenters. The maximum Gasteiger partial charge on any atom is 0.265 e. The molecule has 1 aliphatic rings. The third-order valence-corrected chi connectivity index (χ3v) is 6.81. The molecule has 0 saturated carbocycles. The lowest BCUT2D eigenvalue weighted by molar-refractivity contribution is -0.120. The summed E-state index contributed by atoms with van der Waals surface area (Å²) in [7, 11) is -0.527. The molecule has 0 aromatic heterocycles. The summed E-state index contributed by atoms with van der Waals surface area (Å²) in [6.07, 6.45) is 0.803. The minimum atomic E-state index is -3.48. The van der Waals surface area contributed by atoms with Crippen molar-refractivity contribution in [1.82, 2.24) is 4.31 Å². The number of nitrogens with zero attached hydrogens (tertiary/aromatic N) is 2. The van der Waals surface area contributed by atoms with Crippen LogP contribution in [0.5, 0.6) is 5.75 Å². The van der Waals surface area contributed by atoms with E-state index in [-0.39, 0.29) is 23.5 Å². The Morgan fingerprint density at radius 3 is 2.52 bits per heavy atom. The predicted molar refractivity (Wildman–Crippen MR) is 108 cm³/mol. The van der Waals surface area contributed by atoms with Crippen LogP contribution >= 0.6 is 15.9 Å². The summed E-state index contributed by atoms with van der Waals surface area (Å²) < 4.78 is 31.9. The Kier molecular flexibility index (Phi) is 5.60. The number of halogens is 1. The van der Waals surface area contributed by atoms with Crippen LogP contribution in [-0.4, -0.2) is 45.4 Å². The molecule has 0 fully saturated rings. The molecule has 2 aromatic rings. The van der Waals surface area contributed by atoms with Gasteiger partial charge in [0, 0.05) is 30.3 Å². The van der Waals surface area contributed by atoms with E-state index in [1.54, 1.807) is 17.0 Å². The number of fused-ring (bicyclic) bond motifs is 1. The number of amides is 1. The van der Waals surface area contributed by atoms with Crippen molar-refractivity contribution < 1.29 is 17.9 Å². The van der Waals surface area contributed by atoms with Crippen molar-refractivity contribution in [2.24, 2.45) is 0 Å². The van der Waals surface area contributed by atoms with Crippen LogP contribution < -0.4 is 9.64 Å². The Morgan fingerprint density at radius 2 is 1.89 bits per heavy atom. The molecular weight excluding hydrogens is 432 g/mol. The Bertz CT molecular complexity index is 958. The van der Waals surface area contributed by atoms with Gasteiger partial charge in [-0.25, -0.2) is 12.7 Å². The van der Waals surface area contributed by atoms with Gasteiger partial charge in [0.25, 0.3) is 5.91 Å². The van der Waals surface area contributed by atoms with Gasteiger partial charge in [0.2, 0.25) is 10.0 Å². The smallest absolute Gasteiger partial charge is 0.265 e. The third kappa shape index (κ3) is 4.02. The van der Waals surface area contributed by atoms with Crippen LogP contribution in [0.2, 0.25) is 0 Å². The van der Waals surface area contributed by atoms with Gasteiger partial charge in [-0.3, -0.25) is 4.79 Å². The highest BCUT2D eigenvalue weighted by atomic mass is 79.9. The minimum absolute atomic E-state index is 0.0676. The number of benzene rings is 2. The second-order valence-electron chi connectivity index (χ2n) is 6.64. The summed E-state index contributed by atoms with van der Waals surface area (Å²) in [5, 5.41) is 0. The zero-order valence-corrected chi connectivity index (χ0v) is 17.7. The van der Waals surface area contributed by atoms with Crippen LogP contribution in [0.3, 0.4) is 0 Å². The first-order valence-electron chi connectivity index (χ1n) is 8.46. The molecule has 2 aromatic carbocycles. The Balaban J connectivity index is 1.68. The van der Waals surface area contributed by atoms with Crippen molar-refractivity contribution in [3.8, 4) is 5.75 Å². The Morgan fingerprint density at radius 1 is 1.22 bits per heavy atom. The predicted octanol–water partition coefficient (Wildman–Crippen LogP) is 3.06. The fraction of sp³-hybridized carbons (Fsp3) is 0.316. The van der Waals surface area contributed by atoms with Gasteiger partial charge in [0.1, 0.15) is 5.75 Å². The van der Waals surface area contributed by atoms with E-state index in [4.69, 9.17) is 4.74 Å². The van der Waals surface area contributed by atoms with Gasteiger partial charge >= 0.3 is 0 Å². The average molecular weight is 453 g/mol. The van der Waals surface area contributed by atoms with Crippen LogP contribution in [0.4, 0.5) is 5.69 Å². The molecule has 1 heterocycles. The van der Waals surface area contributed by atoms with Gasteiger partial charge in [-0.2, -0.15) is 0 Å². The topological polar surface area (TPSA) is 66.9 Å². The standard InChI is InChI=1S/C19H21BrN2O4S/c1-13-10-14-11-15(20)4-9-18(14)22(13)19(23)12-26-16-5-7-17(8-6-16)27(24,25)21(2)3/h4-9,11,13H,10,12H2,1-3H3/t13-/m1/s1. The van der Waals surface area contributed by atoms with Gasteiger partial charge in [0.05, 0.1) is 4.90 Å². The lowest BCUT2D eigenvalue weighted by Crippen LogP contribution is -2.39. The van der Waals surface area contributed by atoms with Crippen LogP contribution in [0.1, 0.15) is 12.5 Å². The molecule has 0 N–H and O–H groups in total. The first-order chi connectivity index (χ1) is 12.7. The minimum Gasteiger partial charge on any atom is -0.484 e. The van der Waals surface area contributed by atoms with E-state index >= 15 is 0 Å². The number of anilines is 1. The van der Waals surface area contributed by atoms with Crippen LogP contribution in [-0.2, 0) is 21.2 Å². The van der Waals surface area contributed by atoms with E-state index in [1.165, 1.54) is 26.2 Å². The zero-order valence-electron chi connectivity index (χ0n) is 15.3. The van der Waals surface area contributed by atoms with Gasteiger partial charge in [-0.1, -0.05) is 15.9 Å². The lowest BCUT2D eigenvalue weighted by atomic mass is 10.1. The van der Waals surface area contributed by atoms with Crippen molar-refractivity contribution in [3.05, 3.63) is 52.5 Å². The molecule has 0 bridgehead atoms. The quantitative estimate of drug-likeness (QED) is 0.698. The highest BCUT2D eigenvalue weighted by Gasteiger charge is 2.31. The molecule has 27 heavy (non-hydrogen) atoms. The molecule has 144 valence electrons. The van der Waals surface area contributed by atoms with Crippen LogP contribution in [0, 0.1) is 0 Å². The van der Waals surface area contributed by atoms with E-state index in [0.717, 1.165) is 26.4 Å². The molecule has 0 spiro atoms. The van der Waals surface area contributed by atoms with Crippen LogP contribution in [0.15, 0.2) is 51.8 Å². The maximum absolute atomic E-state index is 12.7. The third-order valence-electron chi connectivity index (χ3n) is 4.49. The van der Waals surface area contributed by atoms with Crippen molar-refractivity contribution in [2.75, 3.05) is 25.6 Å². The van der Waals surface area contributed by atoms with E-state index < -0.39 is 10.0 Å². The summed E-state index contributed by atoms with van der Waals surface area (Å²) in [6, 6.07) is 12.0. The van der Waals surface area contributed by atoms with Gasteiger partial charge in [-0.05, 0) is 61.4 Å². The van der Waals surface area contributed by atoms with Gasteiger partial charge < -0.3 is 9.64 Å². The van der Waals surface area contributed by atoms with Crippen molar-refractivity contribution in [1.29, 1.82) is 0 Å². The number of carbonyl (C=O) groups excluding carboxylic acids is 1. The fourth-order valence-electron chi connectivity index (χ4n) is 3.11. The van der Waals surface area contributed by atoms with E-state index in [2.05, 4.69) is 15.9 Å². The van der Waals surface area contributed by atoms with E-state index in [9.17, 15) is 13.2 Å². The summed E-state index contributed by atoms with van der Waals surface area (Å²) >= 11 is 3.46. The van der Waals surface area contributed by atoms with Crippen LogP contribution in [0.25, 0.3) is 0 Å². The van der Waals surface area contributed by atoms with E-state index in [0.29, 0.717) is 5.75 Å². The number of sulfonamides is 1. The second kappa shape index (κ2) is 7.61. The highest BCUT2D eigenvalue weighted by Crippen LogP contribution is 2.34. The molecule has 1 amide bonds. The molecule has 8 heteroatoms. The van der Waals surface area contributed by atoms with Crippen molar-refractivity contribution >= 4 is 37.5 Å². The molecular formula is C19H21BrN2O4S. The SMILES string of the molecule is C[C@@H]1Cc2cc(Br)ccc2N1C(=O)COc1ccc(S(=O)(=O)N(C)C)cc1. The molecule has 0 unspecified atom stereocenters. The normalized spacial score (nSPS) is 16.5. The number of ether oxygens (including phenoxy) is 1. The number of hydrogen-bond donors (Lipinski definition) is 0. The summed E-state index contributed by atoms with van der Waals surface area (Å²) in [5.41, 5.74) is 2.04. The second-order valence-corrected chi connectivity index (χ2v) is 9.70. The average Bonchev–Trinajstić information content (AvgIpc) is 2.94. The van der Waals surface area contributed by atoms with Crippen molar-refractivity contribution in [2.45, 2.75) is 24.3 Å². The molecule has 0 radical (unpaired) electrons. The molecule has 1 aliphatic heterocycles. The molecule has 0 aliphatic carbocycles. The maximum atomic E-state index is 12.7. The van der Waals surface area contributed by atoms with Gasteiger partial charge in [0.15, 0.2) is 6.61 Å². The summed E-state index contributed by atoms with van der Waals surface area (Å²) in [6.45, 7) is 1.90. The largest absolute Gasteiger partial charge is 0.484 e. The zero-order chi connectivity index (χ0) is 19.8. The molecule has 6 nitrogen and oxygen atoms in total. The lowest BCUT2D eigenvalue weighted by Gasteiger charge is -2.22. The first-order valence-corrected chi connectivity index (χ1v) is 10.7. The highest BCUT2D eigenvalue weighted by molar-refractivity contribution is 9.10. The Labute approximate surface area is 167 Å². The van der Waals surface area contributed by atoms with Crippen molar-refractivity contribution in [3.63, 3.8) is 0 Å². The number of hydrogen-bond acceptors (Lipinski definition) is 4. The molecule has 3 rings (SSSR count). The van der Waals surface area contributed by atoms with E-state index in [1.807, 2.05) is 25.1 Å². The summed E-state index contributed by atoms with van der Waals surface area (Å²) in [4.78, 5) is 14.6.